The van der Waals surface area contributed by atoms with E-state index < -0.39 is 22.5 Å². The number of carbonyl (C=O) groups excluding carboxylic acids is 1. The van der Waals surface area contributed by atoms with Gasteiger partial charge in [-0.3, -0.25) is 14.7 Å². The predicted octanol–water partition coefficient (Wildman–Crippen LogP) is 4.79. The lowest BCUT2D eigenvalue weighted by Crippen LogP contribution is -2.40. The fourth-order valence-corrected chi connectivity index (χ4v) is 5.34. The standard InChI is InChI=1S/C28H29ClN4O5S/c1-20-4-14-25(15-5-20)39(35,36)32(16-17-37-2)19-27(34)31-28-30-26(21-6-8-22(29)9-7-21)18-33(28)23-10-12-24(38-3)13-11-23/h4-15,18H,16-17,19H2,1-3H3,(H,30,31,34). The highest BCUT2D eigenvalue weighted by Gasteiger charge is 2.27. The number of methoxy groups -OCH3 is 2. The van der Waals surface area contributed by atoms with Gasteiger partial charge in [-0.05, 0) is 55.5 Å². The van der Waals surface area contributed by atoms with Crippen molar-refractivity contribution in [1.29, 1.82) is 0 Å². The number of anilines is 1. The van der Waals surface area contributed by atoms with Crippen molar-refractivity contribution in [3.8, 4) is 22.7 Å². The minimum absolute atomic E-state index is 0.00305. The van der Waals surface area contributed by atoms with E-state index in [1.54, 1.807) is 54.3 Å². The van der Waals surface area contributed by atoms with Gasteiger partial charge in [-0.1, -0.05) is 41.4 Å². The Bertz CT molecular complexity index is 1520. The van der Waals surface area contributed by atoms with Crippen molar-refractivity contribution in [2.24, 2.45) is 0 Å². The average molecular weight is 569 g/mol. The summed E-state index contributed by atoms with van der Waals surface area (Å²) in [6.07, 6.45) is 1.78. The van der Waals surface area contributed by atoms with Crippen LogP contribution >= 0.6 is 11.6 Å². The normalized spacial score (nSPS) is 11.5. The largest absolute Gasteiger partial charge is 0.497 e. The smallest absolute Gasteiger partial charge is 0.243 e. The van der Waals surface area contributed by atoms with Crippen molar-refractivity contribution in [3.05, 3.63) is 89.6 Å². The van der Waals surface area contributed by atoms with Gasteiger partial charge >= 0.3 is 0 Å². The van der Waals surface area contributed by atoms with Gasteiger partial charge in [-0.2, -0.15) is 4.31 Å². The van der Waals surface area contributed by atoms with Crippen LogP contribution in [0.3, 0.4) is 0 Å². The Morgan fingerprint density at radius 3 is 2.28 bits per heavy atom. The van der Waals surface area contributed by atoms with Crippen LogP contribution in [0.15, 0.2) is 83.9 Å². The molecule has 0 unspecified atom stereocenters. The molecule has 0 aliphatic carbocycles. The number of benzene rings is 3. The second kappa shape index (κ2) is 12.4. The van der Waals surface area contributed by atoms with E-state index >= 15 is 0 Å². The van der Waals surface area contributed by atoms with Crippen LogP contribution in [0.4, 0.5) is 5.95 Å². The lowest BCUT2D eigenvalue weighted by Gasteiger charge is -2.21. The Morgan fingerprint density at radius 1 is 1.00 bits per heavy atom. The van der Waals surface area contributed by atoms with Crippen molar-refractivity contribution >= 4 is 33.5 Å². The Labute approximate surface area is 233 Å². The first kappa shape index (κ1) is 28.3. The Hall–Kier alpha value is -3.70. The molecule has 1 N–H and O–H groups in total. The quantitative estimate of drug-likeness (QED) is 0.279. The summed E-state index contributed by atoms with van der Waals surface area (Å²) in [5, 5.41) is 3.38. The molecule has 11 heteroatoms. The van der Waals surface area contributed by atoms with Gasteiger partial charge in [-0.25, -0.2) is 13.4 Å². The molecule has 0 aliphatic heterocycles. The number of nitrogens with zero attached hydrogens (tertiary/aromatic N) is 3. The molecule has 0 spiro atoms. The number of rotatable bonds is 11. The lowest BCUT2D eigenvalue weighted by molar-refractivity contribution is -0.116. The van der Waals surface area contributed by atoms with E-state index in [0.29, 0.717) is 16.5 Å². The minimum Gasteiger partial charge on any atom is -0.497 e. The molecule has 0 aliphatic rings. The molecule has 204 valence electrons. The maximum absolute atomic E-state index is 13.3. The minimum atomic E-state index is -3.95. The number of sulfonamides is 1. The summed E-state index contributed by atoms with van der Waals surface area (Å²) >= 11 is 6.05. The summed E-state index contributed by atoms with van der Waals surface area (Å²) < 4.78 is 39.9. The highest BCUT2D eigenvalue weighted by molar-refractivity contribution is 7.89. The number of nitrogens with one attached hydrogen (secondary N) is 1. The van der Waals surface area contributed by atoms with Crippen LogP contribution in [-0.4, -0.2) is 62.1 Å². The van der Waals surface area contributed by atoms with Crippen molar-refractivity contribution in [2.75, 3.05) is 39.2 Å². The summed E-state index contributed by atoms with van der Waals surface area (Å²) in [6, 6.07) is 20.9. The van der Waals surface area contributed by atoms with E-state index in [-0.39, 0.29) is 24.0 Å². The highest BCUT2D eigenvalue weighted by Crippen LogP contribution is 2.27. The third-order valence-electron chi connectivity index (χ3n) is 5.97. The SMILES string of the molecule is COCCN(CC(=O)Nc1nc(-c2ccc(Cl)cc2)cn1-c1ccc(OC)cc1)S(=O)(=O)c1ccc(C)cc1. The molecule has 0 bridgehead atoms. The molecule has 3 aromatic carbocycles. The number of imidazole rings is 1. The first-order valence-electron chi connectivity index (χ1n) is 12.1. The summed E-state index contributed by atoms with van der Waals surface area (Å²) in [5.74, 6) is 0.358. The maximum Gasteiger partial charge on any atom is 0.243 e. The second-order valence-corrected chi connectivity index (χ2v) is 11.1. The number of carbonyl (C=O) groups is 1. The Balaban J connectivity index is 1.64. The number of aromatic nitrogens is 2. The molecule has 1 heterocycles. The van der Waals surface area contributed by atoms with Gasteiger partial charge in [0.2, 0.25) is 21.9 Å². The van der Waals surface area contributed by atoms with Crippen molar-refractivity contribution < 1.29 is 22.7 Å². The fraction of sp³-hybridized carbons (Fsp3) is 0.214. The highest BCUT2D eigenvalue weighted by atomic mass is 35.5. The molecule has 1 aromatic heterocycles. The van der Waals surface area contributed by atoms with Crippen LogP contribution in [-0.2, 0) is 19.6 Å². The number of amides is 1. The topological polar surface area (TPSA) is 103 Å². The first-order valence-corrected chi connectivity index (χ1v) is 13.9. The molecule has 4 aromatic rings. The number of halogens is 1. The third kappa shape index (κ3) is 6.85. The van der Waals surface area contributed by atoms with Crippen LogP contribution in [0.2, 0.25) is 5.02 Å². The lowest BCUT2D eigenvalue weighted by atomic mass is 10.2. The summed E-state index contributed by atoms with van der Waals surface area (Å²) in [4.78, 5) is 18.0. The molecule has 0 fully saturated rings. The van der Waals surface area contributed by atoms with Crippen LogP contribution in [0.5, 0.6) is 5.75 Å². The molecular formula is C28H29ClN4O5S. The zero-order valence-corrected chi connectivity index (χ0v) is 23.4. The van der Waals surface area contributed by atoms with Gasteiger partial charge in [0.25, 0.3) is 0 Å². The number of hydrogen-bond acceptors (Lipinski definition) is 6. The van der Waals surface area contributed by atoms with E-state index in [2.05, 4.69) is 10.3 Å². The average Bonchev–Trinajstić information content (AvgIpc) is 3.35. The molecule has 0 atom stereocenters. The number of hydrogen-bond donors (Lipinski definition) is 1. The van der Waals surface area contributed by atoms with Gasteiger partial charge in [0.15, 0.2) is 0 Å². The van der Waals surface area contributed by atoms with E-state index in [4.69, 9.17) is 21.1 Å². The first-order chi connectivity index (χ1) is 18.7. The van der Waals surface area contributed by atoms with E-state index in [9.17, 15) is 13.2 Å². The van der Waals surface area contributed by atoms with Gasteiger partial charge in [0.1, 0.15) is 5.75 Å². The summed E-state index contributed by atoms with van der Waals surface area (Å²) in [7, 11) is -0.898. The zero-order valence-electron chi connectivity index (χ0n) is 21.8. The van der Waals surface area contributed by atoms with Crippen LogP contribution in [0.25, 0.3) is 16.9 Å². The molecule has 1 amide bonds. The Kier molecular flexibility index (Phi) is 9.03. The summed E-state index contributed by atoms with van der Waals surface area (Å²) in [5.41, 5.74) is 3.05. The molecule has 0 saturated carbocycles. The van der Waals surface area contributed by atoms with Crippen molar-refractivity contribution in [2.45, 2.75) is 11.8 Å². The fourth-order valence-electron chi connectivity index (χ4n) is 3.83. The zero-order chi connectivity index (χ0) is 28.0. The van der Waals surface area contributed by atoms with Crippen LogP contribution in [0, 0.1) is 6.92 Å². The van der Waals surface area contributed by atoms with Crippen molar-refractivity contribution in [3.63, 3.8) is 0 Å². The predicted molar refractivity (Wildman–Crippen MR) is 151 cm³/mol. The van der Waals surface area contributed by atoms with Crippen LogP contribution in [0.1, 0.15) is 5.56 Å². The van der Waals surface area contributed by atoms with Gasteiger partial charge in [-0.15, -0.1) is 0 Å². The van der Waals surface area contributed by atoms with Gasteiger partial charge < -0.3 is 9.47 Å². The number of aryl methyl sites for hydroxylation is 1. The number of ether oxygens (including phenoxy) is 2. The van der Waals surface area contributed by atoms with Crippen molar-refractivity contribution in [1.82, 2.24) is 13.9 Å². The molecule has 39 heavy (non-hydrogen) atoms. The third-order valence-corrected chi connectivity index (χ3v) is 8.08. The van der Waals surface area contributed by atoms with E-state index in [0.717, 1.165) is 21.1 Å². The van der Waals surface area contributed by atoms with Gasteiger partial charge in [0.05, 0.1) is 30.9 Å². The molecule has 9 nitrogen and oxygen atoms in total. The Morgan fingerprint density at radius 2 is 1.67 bits per heavy atom. The van der Waals surface area contributed by atoms with E-state index in [1.807, 2.05) is 31.2 Å². The molecule has 0 radical (unpaired) electrons. The van der Waals surface area contributed by atoms with E-state index in [1.165, 1.54) is 19.2 Å². The molecule has 4 rings (SSSR count). The monoisotopic (exact) mass is 568 g/mol. The van der Waals surface area contributed by atoms with Gasteiger partial charge in [0, 0.05) is 36.1 Å². The second-order valence-electron chi connectivity index (χ2n) is 8.72. The summed E-state index contributed by atoms with van der Waals surface area (Å²) in [6.45, 7) is 1.57. The molecular weight excluding hydrogens is 540 g/mol. The van der Waals surface area contributed by atoms with Crippen LogP contribution < -0.4 is 10.1 Å². The maximum atomic E-state index is 13.3. The molecule has 0 saturated heterocycles.